The zero-order valence-electron chi connectivity index (χ0n) is 9.01. The van der Waals surface area contributed by atoms with Crippen LogP contribution in [0.2, 0.25) is 5.02 Å². The van der Waals surface area contributed by atoms with Crippen LogP contribution in [-0.2, 0) is 4.74 Å². The van der Waals surface area contributed by atoms with E-state index in [9.17, 15) is 13.2 Å². The van der Waals surface area contributed by atoms with Crippen LogP contribution in [0, 0.1) is 0 Å². The summed E-state index contributed by atoms with van der Waals surface area (Å²) >= 11 is 5.91. The average Bonchev–Trinajstić information content (AvgIpc) is 2.24. The molecule has 0 saturated carbocycles. The summed E-state index contributed by atoms with van der Waals surface area (Å²) in [5.41, 5.74) is 6.07. The number of ether oxygens (including phenoxy) is 1. The molecule has 2 N–H and O–H groups in total. The first-order chi connectivity index (χ1) is 7.94. The molecule has 1 rings (SSSR count). The zero-order valence-corrected chi connectivity index (χ0v) is 9.76. The fourth-order valence-electron chi connectivity index (χ4n) is 1.34. The van der Waals surface area contributed by atoms with Gasteiger partial charge in [-0.2, -0.15) is 13.2 Å². The van der Waals surface area contributed by atoms with Gasteiger partial charge in [-0.1, -0.05) is 29.8 Å². The maximum Gasteiger partial charge on any atom is 0.391 e. The standard InChI is InChI=1S/C11H13ClF3NO/c12-9-4-2-1-3-8(9)10(7-16)17-6-5-11(13,14)15/h1-4,10H,5-7,16H2. The van der Waals surface area contributed by atoms with Crippen LogP contribution in [-0.4, -0.2) is 19.3 Å². The van der Waals surface area contributed by atoms with Gasteiger partial charge in [-0.05, 0) is 6.07 Å². The average molecular weight is 268 g/mol. The van der Waals surface area contributed by atoms with Crippen molar-refractivity contribution in [1.29, 1.82) is 0 Å². The second-order valence-electron chi connectivity index (χ2n) is 3.48. The summed E-state index contributed by atoms with van der Waals surface area (Å²) in [4.78, 5) is 0. The highest BCUT2D eigenvalue weighted by atomic mass is 35.5. The normalized spacial score (nSPS) is 13.7. The molecular formula is C11H13ClF3NO. The molecule has 0 aliphatic carbocycles. The Morgan fingerprint density at radius 1 is 1.29 bits per heavy atom. The molecule has 2 nitrogen and oxygen atoms in total. The van der Waals surface area contributed by atoms with E-state index in [-0.39, 0.29) is 6.54 Å². The van der Waals surface area contributed by atoms with Gasteiger partial charge in [0.2, 0.25) is 0 Å². The molecule has 17 heavy (non-hydrogen) atoms. The number of alkyl halides is 3. The number of hydrogen-bond donors (Lipinski definition) is 1. The lowest BCUT2D eigenvalue weighted by Crippen LogP contribution is -2.19. The summed E-state index contributed by atoms with van der Waals surface area (Å²) in [5, 5.41) is 0.440. The van der Waals surface area contributed by atoms with Crippen LogP contribution >= 0.6 is 11.6 Å². The third-order valence-electron chi connectivity index (χ3n) is 2.17. The summed E-state index contributed by atoms with van der Waals surface area (Å²) in [5.74, 6) is 0. The van der Waals surface area contributed by atoms with Crippen molar-refractivity contribution in [3.8, 4) is 0 Å². The number of halogens is 4. The Morgan fingerprint density at radius 3 is 2.47 bits per heavy atom. The van der Waals surface area contributed by atoms with Crippen molar-refractivity contribution in [3.05, 3.63) is 34.9 Å². The van der Waals surface area contributed by atoms with E-state index in [0.29, 0.717) is 10.6 Å². The Hall–Kier alpha value is -0.780. The van der Waals surface area contributed by atoms with Crippen LogP contribution in [0.5, 0.6) is 0 Å². The molecular weight excluding hydrogens is 255 g/mol. The second kappa shape index (κ2) is 6.23. The van der Waals surface area contributed by atoms with Crippen molar-refractivity contribution in [3.63, 3.8) is 0 Å². The van der Waals surface area contributed by atoms with E-state index in [1.165, 1.54) is 0 Å². The Morgan fingerprint density at radius 2 is 1.94 bits per heavy atom. The molecule has 0 heterocycles. The van der Waals surface area contributed by atoms with E-state index in [1.807, 2.05) is 0 Å². The van der Waals surface area contributed by atoms with Crippen molar-refractivity contribution in [2.45, 2.75) is 18.7 Å². The minimum atomic E-state index is -4.22. The van der Waals surface area contributed by atoms with E-state index >= 15 is 0 Å². The third kappa shape index (κ3) is 4.93. The van der Waals surface area contributed by atoms with Gasteiger partial charge in [0, 0.05) is 17.1 Å². The van der Waals surface area contributed by atoms with Crippen molar-refractivity contribution in [2.75, 3.05) is 13.2 Å². The molecule has 96 valence electrons. The lowest BCUT2D eigenvalue weighted by atomic mass is 10.1. The van der Waals surface area contributed by atoms with Gasteiger partial charge in [-0.15, -0.1) is 0 Å². The van der Waals surface area contributed by atoms with Gasteiger partial charge in [0.05, 0.1) is 19.1 Å². The molecule has 0 aliphatic rings. The van der Waals surface area contributed by atoms with Crippen LogP contribution in [0.3, 0.4) is 0 Å². The molecule has 0 radical (unpaired) electrons. The highest BCUT2D eigenvalue weighted by Crippen LogP contribution is 2.26. The summed E-state index contributed by atoms with van der Waals surface area (Å²) in [7, 11) is 0. The first-order valence-corrected chi connectivity index (χ1v) is 5.44. The number of nitrogens with two attached hydrogens (primary N) is 1. The fourth-order valence-corrected chi connectivity index (χ4v) is 1.60. The Bertz CT molecular complexity index is 357. The molecule has 0 amide bonds. The molecule has 1 aromatic carbocycles. The van der Waals surface area contributed by atoms with Crippen LogP contribution < -0.4 is 5.73 Å². The van der Waals surface area contributed by atoms with E-state index in [1.54, 1.807) is 24.3 Å². The molecule has 0 aromatic heterocycles. The first-order valence-electron chi connectivity index (χ1n) is 5.07. The minimum absolute atomic E-state index is 0.0849. The largest absolute Gasteiger partial charge is 0.391 e. The molecule has 0 bridgehead atoms. The molecule has 0 fully saturated rings. The maximum absolute atomic E-state index is 12.0. The van der Waals surface area contributed by atoms with Gasteiger partial charge >= 0.3 is 6.18 Å². The lowest BCUT2D eigenvalue weighted by Gasteiger charge is -2.18. The van der Waals surface area contributed by atoms with E-state index in [4.69, 9.17) is 22.1 Å². The highest BCUT2D eigenvalue weighted by Gasteiger charge is 2.27. The SMILES string of the molecule is NCC(OCCC(F)(F)F)c1ccccc1Cl. The van der Waals surface area contributed by atoms with Crippen molar-refractivity contribution in [2.24, 2.45) is 5.73 Å². The van der Waals surface area contributed by atoms with Crippen LogP contribution in [0.25, 0.3) is 0 Å². The van der Waals surface area contributed by atoms with Crippen LogP contribution in [0.4, 0.5) is 13.2 Å². The van der Waals surface area contributed by atoms with Crippen LogP contribution in [0.1, 0.15) is 18.1 Å². The molecule has 0 saturated heterocycles. The number of rotatable bonds is 5. The van der Waals surface area contributed by atoms with Gasteiger partial charge in [-0.25, -0.2) is 0 Å². The van der Waals surface area contributed by atoms with Crippen molar-refractivity contribution >= 4 is 11.6 Å². The molecule has 0 aliphatic heterocycles. The summed E-state index contributed by atoms with van der Waals surface area (Å²) in [6.45, 7) is -0.335. The highest BCUT2D eigenvalue weighted by molar-refractivity contribution is 6.31. The predicted octanol–water partition coefficient (Wildman–Crippen LogP) is 3.31. The van der Waals surface area contributed by atoms with Crippen LogP contribution in [0.15, 0.2) is 24.3 Å². The third-order valence-corrected chi connectivity index (χ3v) is 2.51. The molecule has 1 aromatic rings. The van der Waals surface area contributed by atoms with Crippen molar-refractivity contribution in [1.82, 2.24) is 0 Å². The Balaban J connectivity index is 2.58. The molecule has 0 spiro atoms. The minimum Gasteiger partial charge on any atom is -0.372 e. The van der Waals surface area contributed by atoms with Gasteiger partial charge in [0.25, 0.3) is 0 Å². The first kappa shape index (κ1) is 14.3. The summed E-state index contributed by atoms with van der Waals surface area (Å²) < 4.78 is 41.0. The maximum atomic E-state index is 12.0. The van der Waals surface area contributed by atoms with Gasteiger partial charge in [0.15, 0.2) is 0 Å². The predicted molar refractivity (Wildman–Crippen MR) is 59.9 cm³/mol. The Kier molecular flexibility index (Phi) is 5.24. The van der Waals surface area contributed by atoms with E-state index < -0.39 is 25.3 Å². The number of benzene rings is 1. The lowest BCUT2D eigenvalue weighted by molar-refractivity contribution is -0.149. The second-order valence-corrected chi connectivity index (χ2v) is 3.89. The van der Waals surface area contributed by atoms with E-state index in [2.05, 4.69) is 0 Å². The van der Waals surface area contributed by atoms with Gasteiger partial charge in [0.1, 0.15) is 0 Å². The van der Waals surface area contributed by atoms with Crippen molar-refractivity contribution < 1.29 is 17.9 Å². The zero-order chi connectivity index (χ0) is 12.9. The molecule has 6 heteroatoms. The number of hydrogen-bond acceptors (Lipinski definition) is 2. The monoisotopic (exact) mass is 267 g/mol. The fraction of sp³-hybridized carbons (Fsp3) is 0.455. The van der Waals surface area contributed by atoms with E-state index in [0.717, 1.165) is 0 Å². The molecule has 1 atom stereocenters. The smallest absolute Gasteiger partial charge is 0.372 e. The summed E-state index contributed by atoms with van der Waals surface area (Å²) in [6, 6.07) is 6.80. The van der Waals surface area contributed by atoms with Gasteiger partial charge < -0.3 is 10.5 Å². The van der Waals surface area contributed by atoms with Gasteiger partial charge in [-0.3, -0.25) is 0 Å². The molecule has 1 unspecified atom stereocenters. The Labute approximate surface area is 103 Å². The summed E-state index contributed by atoms with van der Waals surface area (Å²) in [6.07, 6.45) is -5.82. The quantitative estimate of drug-likeness (QED) is 0.888. The topological polar surface area (TPSA) is 35.2 Å².